The zero-order valence-electron chi connectivity index (χ0n) is 7.56. The van der Waals surface area contributed by atoms with Crippen LogP contribution in [0.15, 0.2) is 6.07 Å². The number of carbonyl (C=O) groups is 1. The molecule has 1 aromatic carbocycles. The normalized spacial score (nSPS) is 10.8. The van der Waals surface area contributed by atoms with Crippen LogP contribution in [-0.4, -0.2) is 17.4 Å². The number of hydrogen-bond acceptors (Lipinski definition) is 2. The van der Waals surface area contributed by atoms with Gasteiger partial charge >= 0.3 is 12.3 Å². The van der Waals surface area contributed by atoms with Gasteiger partial charge in [0.1, 0.15) is 0 Å². The highest BCUT2D eigenvalue weighted by Gasteiger charge is 2.31. The van der Waals surface area contributed by atoms with Crippen LogP contribution < -0.4 is 4.74 Å². The van der Waals surface area contributed by atoms with E-state index in [1.807, 2.05) is 0 Å². The number of carboxylic acids is 1. The molecule has 1 rings (SSSR count). The van der Waals surface area contributed by atoms with Crippen molar-refractivity contribution in [3.05, 3.63) is 29.6 Å². The standard InChI is InChI=1S/C9H4F4O3/c10-7-2-1-6(16-9(11,12)13)3-5(7)4-8(14)15/h3H,4H2,(H,14,15). The van der Waals surface area contributed by atoms with Gasteiger partial charge in [-0.1, -0.05) is 0 Å². The molecule has 0 amide bonds. The smallest absolute Gasteiger partial charge is 0.481 e. The molecule has 0 radical (unpaired) electrons. The lowest BCUT2D eigenvalue weighted by Crippen LogP contribution is -2.17. The third-order valence-corrected chi connectivity index (χ3v) is 1.45. The average Bonchev–Trinajstić information content (AvgIpc) is 2.07. The van der Waals surface area contributed by atoms with Crippen LogP contribution in [0.5, 0.6) is 5.75 Å². The summed E-state index contributed by atoms with van der Waals surface area (Å²) in [6, 6.07) is 4.11. The van der Waals surface area contributed by atoms with E-state index in [0.717, 1.165) is 0 Å². The Morgan fingerprint density at radius 1 is 1.44 bits per heavy atom. The van der Waals surface area contributed by atoms with Gasteiger partial charge in [0.05, 0.1) is 6.42 Å². The van der Waals surface area contributed by atoms with E-state index in [1.54, 1.807) is 12.1 Å². The summed E-state index contributed by atoms with van der Waals surface area (Å²) in [4.78, 5) is 10.3. The maximum atomic E-state index is 12.9. The van der Waals surface area contributed by atoms with E-state index in [-0.39, 0.29) is 0 Å². The molecule has 0 saturated heterocycles. The number of rotatable bonds is 3. The summed E-state index contributed by atoms with van der Waals surface area (Å²) in [7, 11) is 0. The Morgan fingerprint density at radius 3 is 2.56 bits per heavy atom. The molecular formula is C9H4F4O3. The fraction of sp³-hybridized carbons (Fsp3) is 0.222. The number of halogens is 4. The van der Waals surface area contributed by atoms with Gasteiger partial charge in [-0.3, -0.25) is 4.79 Å². The van der Waals surface area contributed by atoms with E-state index in [1.165, 1.54) is 0 Å². The molecule has 16 heavy (non-hydrogen) atoms. The molecule has 0 bridgehead atoms. The topological polar surface area (TPSA) is 46.5 Å². The van der Waals surface area contributed by atoms with Crippen LogP contribution in [0.4, 0.5) is 17.6 Å². The molecule has 0 unspecified atom stereocenters. The largest absolute Gasteiger partial charge is 0.573 e. The van der Waals surface area contributed by atoms with Crippen molar-refractivity contribution >= 4 is 5.97 Å². The molecule has 3 nitrogen and oxygen atoms in total. The highest BCUT2D eigenvalue weighted by molar-refractivity contribution is 5.70. The number of ether oxygens (including phenoxy) is 1. The van der Waals surface area contributed by atoms with E-state index >= 15 is 0 Å². The molecule has 86 valence electrons. The summed E-state index contributed by atoms with van der Waals surface area (Å²) in [6.45, 7) is 0. The molecule has 0 heterocycles. The summed E-state index contributed by atoms with van der Waals surface area (Å²) in [5.41, 5.74) is -0.453. The monoisotopic (exact) mass is 236 g/mol. The molecule has 0 aliphatic heterocycles. The molecule has 0 fully saturated rings. The van der Waals surface area contributed by atoms with Crippen molar-refractivity contribution in [1.82, 2.24) is 0 Å². The van der Waals surface area contributed by atoms with Crippen molar-refractivity contribution in [2.75, 3.05) is 0 Å². The van der Waals surface area contributed by atoms with Gasteiger partial charge in [-0.2, -0.15) is 4.39 Å². The number of carboxylic acid groups (broad SMARTS) is 1. The fourth-order valence-corrected chi connectivity index (χ4v) is 0.926. The SMILES string of the molecule is O=C(O)Cc1cc(OC(F)(F)F)c#cc1F. The second-order valence-corrected chi connectivity index (χ2v) is 2.72. The van der Waals surface area contributed by atoms with Gasteiger partial charge in [-0.15, -0.1) is 13.2 Å². The first kappa shape index (κ1) is 12.1. The van der Waals surface area contributed by atoms with E-state index < -0.39 is 35.9 Å². The molecule has 0 saturated carbocycles. The lowest BCUT2D eigenvalue weighted by atomic mass is 10.1. The maximum absolute atomic E-state index is 12.9. The van der Waals surface area contributed by atoms with Gasteiger partial charge in [0.25, 0.3) is 0 Å². The lowest BCUT2D eigenvalue weighted by Gasteiger charge is -2.07. The van der Waals surface area contributed by atoms with Crippen LogP contribution >= 0.6 is 0 Å². The molecule has 0 aliphatic rings. The van der Waals surface area contributed by atoms with E-state index in [2.05, 4.69) is 4.74 Å². The first-order valence-electron chi connectivity index (χ1n) is 3.88. The van der Waals surface area contributed by atoms with Crippen LogP contribution in [0.2, 0.25) is 0 Å². The number of hydrogen-bond donors (Lipinski definition) is 1. The Morgan fingerprint density at radius 2 is 2.06 bits per heavy atom. The van der Waals surface area contributed by atoms with Crippen LogP contribution in [0.25, 0.3) is 0 Å². The zero-order valence-corrected chi connectivity index (χ0v) is 7.56. The highest BCUT2D eigenvalue weighted by atomic mass is 19.4. The van der Waals surface area contributed by atoms with Crippen LogP contribution in [0.1, 0.15) is 5.56 Å². The van der Waals surface area contributed by atoms with E-state index in [0.29, 0.717) is 6.07 Å². The molecular weight excluding hydrogens is 232 g/mol. The number of aliphatic carboxylic acids is 1. The van der Waals surface area contributed by atoms with Crippen molar-refractivity contribution < 1.29 is 32.2 Å². The Bertz CT molecular complexity index is 400. The lowest BCUT2D eigenvalue weighted by molar-refractivity contribution is -0.274. The quantitative estimate of drug-likeness (QED) is 0.816. The predicted octanol–water partition coefficient (Wildman–Crippen LogP) is 1.95. The number of alkyl halides is 3. The van der Waals surface area contributed by atoms with Crippen molar-refractivity contribution in [2.24, 2.45) is 0 Å². The molecule has 0 aromatic heterocycles. The van der Waals surface area contributed by atoms with Gasteiger partial charge in [-0.25, -0.2) is 0 Å². The first-order chi connectivity index (χ1) is 7.28. The van der Waals surface area contributed by atoms with Crippen molar-refractivity contribution in [3.8, 4) is 5.75 Å². The van der Waals surface area contributed by atoms with E-state index in [4.69, 9.17) is 5.11 Å². The van der Waals surface area contributed by atoms with Gasteiger partial charge in [-0.05, 0) is 18.2 Å². The van der Waals surface area contributed by atoms with Gasteiger partial charge in [0.2, 0.25) is 0 Å². The first-order valence-corrected chi connectivity index (χ1v) is 3.88. The summed E-state index contributed by atoms with van der Waals surface area (Å²) in [5, 5.41) is 8.36. The molecule has 0 spiro atoms. The third-order valence-electron chi connectivity index (χ3n) is 1.45. The van der Waals surface area contributed by atoms with Crippen LogP contribution in [-0.2, 0) is 11.2 Å². The molecule has 7 heteroatoms. The summed E-state index contributed by atoms with van der Waals surface area (Å²) < 4.78 is 51.6. The Balaban J connectivity index is 2.93. The minimum atomic E-state index is -4.94. The zero-order chi connectivity index (χ0) is 12.3. The third kappa shape index (κ3) is 3.65. The Kier molecular flexibility index (Phi) is 3.22. The molecule has 1 aromatic rings. The van der Waals surface area contributed by atoms with Crippen LogP contribution in [0.3, 0.4) is 0 Å². The van der Waals surface area contributed by atoms with Crippen molar-refractivity contribution in [1.29, 1.82) is 0 Å². The van der Waals surface area contributed by atoms with Gasteiger partial charge in [0, 0.05) is 5.56 Å². The second kappa shape index (κ2) is 4.26. The Hall–Kier alpha value is -1.97. The average molecular weight is 236 g/mol. The van der Waals surface area contributed by atoms with Crippen molar-refractivity contribution in [2.45, 2.75) is 12.8 Å². The minimum Gasteiger partial charge on any atom is -0.481 e. The maximum Gasteiger partial charge on any atom is 0.573 e. The summed E-state index contributed by atoms with van der Waals surface area (Å²) in [6.07, 6.45) is -5.70. The fourth-order valence-electron chi connectivity index (χ4n) is 0.926. The van der Waals surface area contributed by atoms with Gasteiger partial charge < -0.3 is 9.84 Å². The minimum absolute atomic E-state index is 0.453. The molecule has 1 N–H and O–H groups in total. The predicted molar refractivity (Wildman–Crippen MR) is 42.1 cm³/mol. The van der Waals surface area contributed by atoms with Crippen LogP contribution in [0, 0.1) is 17.9 Å². The summed E-state index contributed by atoms with van der Waals surface area (Å²) in [5.74, 6) is -3.28. The molecule has 0 atom stereocenters. The van der Waals surface area contributed by atoms with Crippen molar-refractivity contribution in [3.63, 3.8) is 0 Å². The van der Waals surface area contributed by atoms with Gasteiger partial charge in [0.15, 0.2) is 11.6 Å². The van der Waals surface area contributed by atoms with E-state index in [9.17, 15) is 22.4 Å². The second-order valence-electron chi connectivity index (χ2n) is 2.72. The Labute approximate surface area is 87.3 Å². The highest BCUT2D eigenvalue weighted by Crippen LogP contribution is 2.22. The molecule has 0 aliphatic carbocycles. The summed E-state index contributed by atoms with van der Waals surface area (Å²) >= 11 is 0.